The zero-order chi connectivity index (χ0) is 9.31. The van der Waals surface area contributed by atoms with E-state index in [0.717, 1.165) is 32.5 Å². The SMILES string of the molecule is FC(F)CC1NCC12CCNCC2. The van der Waals surface area contributed by atoms with Gasteiger partial charge in [-0.25, -0.2) is 8.78 Å². The van der Waals surface area contributed by atoms with Crippen molar-refractivity contribution in [1.29, 1.82) is 0 Å². The average Bonchev–Trinajstić information content (AvgIpc) is 2.14. The zero-order valence-corrected chi connectivity index (χ0v) is 7.65. The second-order valence-corrected chi connectivity index (χ2v) is 4.17. The Bertz CT molecular complexity index is 178. The van der Waals surface area contributed by atoms with E-state index < -0.39 is 6.43 Å². The van der Waals surface area contributed by atoms with E-state index >= 15 is 0 Å². The van der Waals surface area contributed by atoms with E-state index in [1.165, 1.54) is 0 Å². The molecule has 1 atom stereocenters. The molecule has 2 saturated heterocycles. The normalized spacial score (nSPS) is 32.1. The third-order valence-corrected chi connectivity index (χ3v) is 3.45. The fourth-order valence-corrected chi connectivity index (χ4v) is 2.50. The van der Waals surface area contributed by atoms with Crippen LogP contribution in [0.1, 0.15) is 19.3 Å². The molecule has 1 spiro atoms. The van der Waals surface area contributed by atoms with E-state index in [4.69, 9.17) is 0 Å². The van der Waals surface area contributed by atoms with Gasteiger partial charge in [-0.1, -0.05) is 0 Å². The van der Waals surface area contributed by atoms with Gasteiger partial charge < -0.3 is 10.6 Å². The smallest absolute Gasteiger partial charge is 0.240 e. The third kappa shape index (κ3) is 1.70. The quantitative estimate of drug-likeness (QED) is 0.678. The molecule has 2 rings (SSSR count). The number of hydrogen-bond donors (Lipinski definition) is 2. The Morgan fingerprint density at radius 1 is 1.31 bits per heavy atom. The van der Waals surface area contributed by atoms with Crippen LogP contribution in [0.3, 0.4) is 0 Å². The first-order chi connectivity index (χ1) is 6.23. The summed E-state index contributed by atoms with van der Waals surface area (Å²) in [5.41, 5.74) is 0.196. The van der Waals surface area contributed by atoms with Crippen LogP contribution in [0.4, 0.5) is 8.78 Å². The lowest BCUT2D eigenvalue weighted by Gasteiger charge is -2.53. The first-order valence-electron chi connectivity index (χ1n) is 4.95. The average molecular weight is 190 g/mol. The fraction of sp³-hybridized carbons (Fsp3) is 1.00. The summed E-state index contributed by atoms with van der Waals surface area (Å²) in [6, 6.07) is 0.0644. The van der Waals surface area contributed by atoms with E-state index in [0.29, 0.717) is 0 Å². The van der Waals surface area contributed by atoms with Crippen LogP contribution in [0.5, 0.6) is 0 Å². The minimum Gasteiger partial charge on any atom is -0.317 e. The van der Waals surface area contributed by atoms with Crippen LogP contribution in [0.25, 0.3) is 0 Å². The topological polar surface area (TPSA) is 24.1 Å². The van der Waals surface area contributed by atoms with E-state index in [-0.39, 0.29) is 17.9 Å². The highest BCUT2D eigenvalue weighted by atomic mass is 19.3. The Hall–Kier alpha value is -0.220. The van der Waals surface area contributed by atoms with Crippen LogP contribution in [0.15, 0.2) is 0 Å². The minimum atomic E-state index is -2.16. The number of nitrogens with one attached hydrogen (secondary N) is 2. The van der Waals surface area contributed by atoms with Gasteiger partial charge in [0.25, 0.3) is 0 Å². The van der Waals surface area contributed by atoms with Gasteiger partial charge in [0.2, 0.25) is 6.43 Å². The predicted molar refractivity (Wildman–Crippen MR) is 46.9 cm³/mol. The molecule has 0 aromatic carbocycles. The lowest BCUT2D eigenvalue weighted by atomic mass is 9.66. The highest BCUT2D eigenvalue weighted by Crippen LogP contribution is 2.40. The van der Waals surface area contributed by atoms with Gasteiger partial charge in [-0.05, 0) is 25.9 Å². The van der Waals surface area contributed by atoms with E-state index in [9.17, 15) is 8.78 Å². The van der Waals surface area contributed by atoms with Gasteiger partial charge in [0.15, 0.2) is 0 Å². The lowest BCUT2D eigenvalue weighted by molar-refractivity contribution is 0.000995. The molecule has 2 N–H and O–H groups in total. The fourth-order valence-electron chi connectivity index (χ4n) is 2.50. The Morgan fingerprint density at radius 3 is 2.46 bits per heavy atom. The molecule has 2 nitrogen and oxygen atoms in total. The zero-order valence-electron chi connectivity index (χ0n) is 7.65. The van der Waals surface area contributed by atoms with Crippen LogP contribution in [-0.2, 0) is 0 Å². The summed E-state index contributed by atoms with van der Waals surface area (Å²) in [6.07, 6.45) is -0.0287. The van der Waals surface area contributed by atoms with Gasteiger partial charge in [-0.15, -0.1) is 0 Å². The molecule has 2 aliphatic rings. The molecule has 0 aliphatic carbocycles. The van der Waals surface area contributed by atoms with Crippen LogP contribution < -0.4 is 10.6 Å². The van der Waals surface area contributed by atoms with Gasteiger partial charge in [0, 0.05) is 24.4 Å². The molecule has 4 heteroatoms. The number of hydrogen-bond acceptors (Lipinski definition) is 2. The maximum absolute atomic E-state index is 12.2. The van der Waals surface area contributed by atoms with Crippen molar-refractivity contribution in [3.8, 4) is 0 Å². The molecule has 2 fully saturated rings. The summed E-state index contributed by atoms with van der Waals surface area (Å²) in [5, 5.41) is 6.40. The minimum absolute atomic E-state index is 0.0278. The van der Waals surface area contributed by atoms with Crippen LogP contribution in [-0.4, -0.2) is 32.1 Å². The molecule has 0 aromatic rings. The van der Waals surface area contributed by atoms with Crippen molar-refractivity contribution in [2.24, 2.45) is 5.41 Å². The molecule has 2 aliphatic heterocycles. The standard InChI is InChI=1S/C9H16F2N2/c10-8(11)5-7-9(6-13-7)1-3-12-4-2-9/h7-8,12-13H,1-6H2. The van der Waals surface area contributed by atoms with Gasteiger partial charge in [0.1, 0.15) is 0 Å². The van der Waals surface area contributed by atoms with E-state index in [1.807, 2.05) is 0 Å². The van der Waals surface area contributed by atoms with Crippen LogP contribution >= 0.6 is 0 Å². The molecule has 1 unspecified atom stereocenters. The largest absolute Gasteiger partial charge is 0.317 e. The van der Waals surface area contributed by atoms with Crippen molar-refractivity contribution >= 4 is 0 Å². The highest BCUT2D eigenvalue weighted by Gasteiger charge is 2.47. The summed E-state index contributed by atoms with van der Waals surface area (Å²) >= 11 is 0. The first kappa shape index (κ1) is 9.34. The molecule has 0 saturated carbocycles. The van der Waals surface area contributed by atoms with Gasteiger partial charge in [0.05, 0.1) is 0 Å². The molecule has 0 amide bonds. The van der Waals surface area contributed by atoms with Crippen molar-refractivity contribution in [2.45, 2.75) is 31.7 Å². The Balaban J connectivity index is 1.90. The number of rotatable bonds is 2. The Kier molecular flexibility index (Phi) is 2.51. The van der Waals surface area contributed by atoms with Gasteiger partial charge in [-0.3, -0.25) is 0 Å². The van der Waals surface area contributed by atoms with Crippen molar-refractivity contribution < 1.29 is 8.78 Å². The molecule has 0 aromatic heterocycles. The molecular weight excluding hydrogens is 174 g/mol. The third-order valence-electron chi connectivity index (χ3n) is 3.45. The van der Waals surface area contributed by atoms with Crippen molar-refractivity contribution in [3.63, 3.8) is 0 Å². The molecule has 13 heavy (non-hydrogen) atoms. The van der Waals surface area contributed by atoms with Crippen molar-refractivity contribution in [3.05, 3.63) is 0 Å². The van der Waals surface area contributed by atoms with Crippen LogP contribution in [0.2, 0.25) is 0 Å². The number of alkyl halides is 2. The summed E-state index contributed by atoms with van der Waals surface area (Å²) in [4.78, 5) is 0. The predicted octanol–water partition coefficient (Wildman–Crippen LogP) is 0.983. The van der Waals surface area contributed by atoms with Gasteiger partial charge in [-0.2, -0.15) is 0 Å². The van der Waals surface area contributed by atoms with Gasteiger partial charge >= 0.3 is 0 Å². The maximum atomic E-state index is 12.2. The summed E-state index contributed by atoms with van der Waals surface area (Å²) < 4.78 is 24.4. The second kappa shape index (κ2) is 3.50. The summed E-state index contributed by atoms with van der Waals surface area (Å²) in [7, 11) is 0. The van der Waals surface area contributed by atoms with Crippen LogP contribution in [0, 0.1) is 5.41 Å². The van der Waals surface area contributed by atoms with E-state index in [1.54, 1.807) is 0 Å². The van der Waals surface area contributed by atoms with Crippen molar-refractivity contribution in [1.82, 2.24) is 10.6 Å². The molecule has 76 valence electrons. The molecular formula is C9H16F2N2. The lowest BCUT2D eigenvalue weighted by Crippen LogP contribution is -2.65. The first-order valence-corrected chi connectivity index (χ1v) is 4.95. The maximum Gasteiger partial charge on any atom is 0.240 e. The summed E-state index contributed by atoms with van der Waals surface area (Å²) in [5.74, 6) is 0. The van der Waals surface area contributed by atoms with Crippen molar-refractivity contribution in [2.75, 3.05) is 19.6 Å². The Morgan fingerprint density at radius 2 is 2.00 bits per heavy atom. The highest BCUT2D eigenvalue weighted by molar-refractivity contribution is 5.03. The number of piperidine rings is 1. The van der Waals surface area contributed by atoms with E-state index in [2.05, 4.69) is 10.6 Å². The molecule has 0 radical (unpaired) electrons. The second-order valence-electron chi connectivity index (χ2n) is 4.17. The Labute approximate surface area is 77.1 Å². The molecule has 0 bridgehead atoms. The number of halogens is 2. The monoisotopic (exact) mass is 190 g/mol. The molecule has 2 heterocycles. The summed E-state index contributed by atoms with van der Waals surface area (Å²) in [6.45, 7) is 2.91.